The number of benzene rings is 1. The summed E-state index contributed by atoms with van der Waals surface area (Å²) in [7, 11) is 0. The molecule has 2 saturated heterocycles. The molecule has 3 heterocycles. The van der Waals surface area contributed by atoms with Crippen LogP contribution in [-0.2, 0) is 13.0 Å². The summed E-state index contributed by atoms with van der Waals surface area (Å²) in [6.07, 6.45) is 3.51. The summed E-state index contributed by atoms with van der Waals surface area (Å²) in [6.45, 7) is 6.38. The topological polar surface area (TPSA) is 45.9 Å². The number of carbonyl (C=O) groups excluding carboxylic acids is 1. The Balaban J connectivity index is 1.30. The molecule has 0 atom stereocenters. The smallest absolute Gasteiger partial charge is 0.289 e. The van der Waals surface area contributed by atoms with Crippen molar-refractivity contribution in [2.75, 3.05) is 26.2 Å². The van der Waals surface area contributed by atoms with Crippen LogP contribution in [0.25, 0.3) is 0 Å². The lowest BCUT2D eigenvalue weighted by atomic mass is 10.1. The quantitative estimate of drug-likeness (QED) is 0.798. The van der Waals surface area contributed by atoms with E-state index >= 15 is 0 Å². The van der Waals surface area contributed by atoms with Gasteiger partial charge in [-0.25, -0.2) is 0 Å². The minimum atomic E-state index is -0.0405. The van der Waals surface area contributed by atoms with Gasteiger partial charge in [0.2, 0.25) is 0 Å². The van der Waals surface area contributed by atoms with E-state index in [1.807, 2.05) is 24.3 Å². The molecule has 0 spiro atoms. The van der Waals surface area contributed by atoms with Crippen LogP contribution >= 0.6 is 0 Å². The van der Waals surface area contributed by atoms with Gasteiger partial charge in [-0.2, -0.15) is 0 Å². The van der Waals surface area contributed by atoms with Crippen molar-refractivity contribution in [3.05, 3.63) is 53.5 Å². The highest BCUT2D eigenvalue weighted by molar-refractivity contribution is 5.92. The van der Waals surface area contributed by atoms with Crippen LogP contribution in [0.3, 0.4) is 0 Å². The van der Waals surface area contributed by atoms with Gasteiger partial charge in [-0.3, -0.25) is 9.69 Å². The van der Waals surface area contributed by atoms with Crippen LogP contribution in [0, 0.1) is 0 Å². The highest BCUT2D eigenvalue weighted by Crippen LogP contribution is 2.24. The van der Waals surface area contributed by atoms with Gasteiger partial charge < -0.3 is 14.1 Å². The number of amides is 1. The Morgan fingerprint density at radius 2 is 1.92 bits per heavy atom. The number of nitrogens with zero attached hydrogens (tertiary/aromatic N) is 2. The summed E-state index contributed by atoms with van der Waals surface area (Å²) in [5.41, 5.74) is 1.20. The van der Waals surface area contributed by atoms with E-state index in [2.05, 4.69) is 17.9 Å². The molecule has 2 aliphatic rings. The van der Waals surface area contributed by atoms with Crippen LogP contribution in [0.5, 0.6) is 5.75 Å². The van der Waals surface area contributed by atoms with Gasteiger partial charge in [0.05, 0.1) is 19.6 Å². The second-order valence-corrected chi connectivity index (χ2v) is 7.16. The second-order valence-electron chi connectivity index (χ2n) is 7.16. The zero-order valence-corrected chi connectivity index (χ0v) is 15.3. The fourth-order valence-corrected chi connectivity index (χ4v) is 3.66. The Kier molecular flexibility index (Phi) is 4.98. The second kappa shape index (κ2) is 7.54. The van der Waals surface area contributed by atoms with Crippen molar-refractivity contribution in [1.82, 2.24) is 9.80 Å². The van der Waals surface area contributed by atoms with Crippen molar-refractivity contribution in [3.63, 3.8) is 0 Å². The molecule has 2 fully saturated rings. The summed E-state index contributed by atoms with van der Waals surface area (Å²) < 4.78 is 11.8. The van der Waals surface area contributed by atoms with Gasteiger partial charge in [-0.15, -0.1) is 0 Å². The highest BCUT2D eigenvalue weighted by atomic mass is 16.5. The lowest BCUT2D eigenvalue weighted by Gasteiger charge is -2.38. The van der Waals surface area contributed by atoms with Gasteiger partial charge in [-0.05, 0) is 56.1 Å². The molecule has 2 aromatic rings. The first kappa shape index (κ1) is 17.2. The predicted octanol–water partition coefficient (Wildman–Crippen LogP) is 3.34. The number of hydrogen-bond donors (Lipinski definition) is 0. The number of carbonyl (C=O) groups is 1. The summed E-state index contributed by atoms with van der Waals surface area (Å²) in [5, 5.41) is 0. The molecule has 0 aliphatic carbocycles. The zero-order valence-electron chi connectivity index (χ0n) is 15.3. The largest absolute Gasteiger partial charge is 0.486 e. The van der Waals surface area contributed by atoms with E-state index < -0.39 is 0 Å². The molecule has 0 radical (unpaired) electrons. The molecule has 5 heteroatoms. The number of likely N-dealkylation sites (tertiary alicyclic amines) is 2. The third-order valence-corrected chi connectivity index (χ3v) is 5.23. The minimum Gasteiger partial charge on any atom is -0.486 e. The van der Waals surface area contributed by atoms with E-state index in [0.717, 1.165) is 37.6 Å². The van der Waals surface area contributed by atoms with Crippen molar-refractivity contribution >= 4 is 5.91 Å². The molecule has 138 valence electrons. The zero-order chi connectivity index (χ0) is 17.9. The van der Waals surface area contributed by atoms with Gasteiger partial charge in [0.1, 0.15) is 17.6 Å². The van der Waals surface area contributed by atoms with Crippen molar-refractivity contribution in [3.8, 4) is 5.75 Å². The molecule has 4 rings (SSSR count). The fourth-order valence-electron chi connectivity index (χ4n) is 3.66. The van der Waals surface area contributed by atoms with Crippen LogP contribution < -0.4 is 4.74 Å². The van der Waals surface area contributed by atoms with Gasteiger partial charge >= 0.3 is 0 Å². The monoisotopic (exact) mass is 354 g/mol. The van der Waals surface area contributed by atoms with Crippen LogP contribution in [0.1, 0.15) is 41.6 Å². The Morgan fingerprint density at radius 3 is 2.69 bits per heavy atom. The maximum absolute atomic E-state index is 12.6. The van der Waals surface area contributed by atoms with Gasteiger partial charge in [0.15, 0.2) is 5.76 Å². The number of rotatable bonds is 6. The molecule has 26 heavy (non-hydrogen) atoms. The molecule has 5 nitrogen and oxygen atoms in total. The number of ether oxygens (including phenoxy) is 1. The first-order chi connectivity index (χ1) is 12.7. The Bertz CT molecular complexity index is 758. The molecule has 0 N–H and O–H groups in total. The lowest BCUT2D eigenvalue weighted by Crippen LogP contribution is -2.56. The van der Waals surface area contributed by atoms with Crippen LogP contribution in [0.2, 0.25) is 0 Å². The van der Waals surface area contributed by atoms with Crippen molar-refractivity contribution in [1.29, 1.82) is 0 Å². The molecule has 0 unspecified atom stereocenters. The van der Waals surface area contributed by atoms with Crippen molar-refractivity contribution in [2.45, 2.75) is 38.8 Å². The van der Waals surface area contributed by atoms with E-state index in [1.54, 1.807) is 11.0 Å². The van der Waals surface area contributed by atoms with Gasteiger partial charge in [0.25, 0.3) is 5.91 Å². The average Bonchev–Trinajstić information content (AvgIpc) is 3.30. The number of aryl methyl sites for hydroxylation is 1. The number of furan rings is 1. The van der Waals surface area contributed by atoms with Crippen LogP contribution in [-0.4, -0.2) is 48.0 Å². The summed E-state index contributed by atoms with van der Waals surface area (Å²) in [6, 6.07) is 11.8. The normalized spacial score (nSPS) is 18.1. The van der Waals surface area contributed by atoms with Crippen LogP contribution in [0.15, 0.2) is 40.8 Å². The molecule has 0 bridgehead atoms. The number of hydrogen-bond acceptors (Lipinski definition) is 4. The Morgan fingerprint density at radius 1 is 1.15 bits per heavy atom. The lowest BCUT2D eigenvalue weighted by molar-refractivity contribution is 0.0150. The highest BCUT2D eigenvalue weighted by Gasteiger charge is 2.34. The maximum atomic E-state index is 12.6. The van der Waals surface area contributed by atoms with Crippen LogP contribution in [0.4, 0.5) is 0 Å². The molecular weight excluding hydrogens is 328 g/mol. The Hall–Kier alpha value is -2.27. The van der Waals surface area contributed by atoms with Crippen molar-refractivity contribution < 1.29 is 13.9 Å². The average molecular weight is 354 g/mol. The predicted molar refractivity (Wildman–Crippen MR) is 99.4 cm³/mol. The summed E-state index contributed by atoms with van der Waals surface area (Å²) in [4.78, 5) is 16.7. The van der Waals surface area contributed by atoms with E-state index in [0.29, 0.717) is 18.8 Å². The van der Waals surface area contributed by atoms with E-state index in [-0.39, 0.29) is 12.0 Å². The summed E-state index contributed by atoms with van der Waals surface area (Å²) >= 11 is 0. The molecule has 2 aliphatic heterocycles. The molecule has 0 saturated carbocycles. The SMILES string of the molecule is CCc1ccccc1OC1CN(C(=O)c2ccc(CN3CCCC3)o2)C1. The maximum Gasteiger partial charge on any atom is 0.289 e. The third-order valence-electron chi connectivity index (χ3n) is 5.23. The van der Waals surface area contributed by atoms with E-state index in [4.69, 9.17) is 9.15 Å². The third kappa shape index (κ3) is 3.63. The van der Waals surface area contributed by atoms with Crippen molar-refractivity contribution in [2.24, 2.45) is 0 Å². The summed E-state index contributed by atoms with van der Waals surface area (Å²) in [5.74, 6) is 2.20. The fraction of sp³-hybridized carbons (Fsp3) is 0.476. The first-order valence-electron chi connectivity index (χ1n) is 9.58. The molecule has 1 aromatic heterocycles. The van der Waals surface area contributed by atoms with E-state index in [9.17, 15) is 4.79 Å². The Labute approximate surface area is 154 Å². The minimum absolute atomic E-state index is 0.0405. The first-order valence-corrected chi connectivity index (χ1v) is 9.58. The molecule has 1 aromatic carbocycles. The van der Waals surface area contributed by atoms with Gasteiger partial charge in [0, 0.05) is 0 Å². The molecular formula is C21H26N2O3. The standard InChI is InChI=1S/C21H26N2O3/c1-2-16-7-3-4-8-19(16)26-18-14-23(15-18)21(24)20-10-9-17(25-20)13-22-11-5-6-12-22/h3-4,7-10,18H,2,5-6,11-15H2,1H3. The van der Waals surface area contributed by atoms with E-state index in [1.165, 1.54) is 18.4 Å². The van der Waals surface area contributed by atoms with Gasteiger partial charge in [-0.1, -0.05) is 25.1 Å². The number of para-hydroxylation sites is 1. The molecule has 1 amide bonds.